The lowest BCUT2D eigenvalue weighted by molar-refractivity contribution is 0.0601. The first-order valence-corrected chi connectivity index (χ1v) is 6.92. The third-order valence-corrected chi connectivity index (χ3v) is 3.54. The van der Waals surface area contributed by atoms with Crippen molar-refractivity contribution in [1.82, 2.24) is 4.98 Å². The quantitative estimate of drug-likeness (QED) is 0.599. The van der Waals surface area contributed by atoms with Crippen LogP contribution in [0.2, 0.25) is 5.02 Å². The van der Waals surface area contributed by atoms with Crippen molar-refractivity contribution in [1.29, 1.82) is 0 Å². The Balaban J connectivity index is 2.74. The summed E-state index contributed by atoms with van der Waals surface area (Å²) in [5.74, 6) is -0.897. The maximum atomic E-state index is 14.0. The predicted molar refractivity (Wildman–Crippen MR) is 80.2 cm³/mol. The van der Waals surface area contributed by atoms with Gasteiger partial charge in [0.2, 0.25) is 0 Å². The normalized spacial score (nSPS) is 10.3. The zero-order chi connectivity index (χ0) is 15.6. The molecule has 1 heterocycles. The second-order valence-corrected chi connectivity index (χ2v) is 5.23. The van der Waals surface area contributed by atoms with Gasteiger partial charge in [0.05, 0.1) is 31.0 Å². The lowest BCUT2D eigenvalue weighted by Crippen LogP contribution is -2.05. The minimum atomic E-state index is -0.618. The number of esters is 1. The molecular weight excluding hydrogens is 365 g/mol. The Hall–Kier alpha value is -1.66. The molecule has 0 saturated heterocycles. The van der Waals surface area contributed by atoms with Gasteiger partial charge < -0.3 is 9.47 Å². The van der Waals surface area contributed by atoms with E-state index in [-0.39, 0.29) is 16.1 Å². The van der Waals surface area contributed by atoms with Crippen molar-refractivity contribution in [3.8, 4) is 16.9 Å². The van der Waals surface area contributed by atoms with Gasteiger partial charge in [-0.2, -0.15) is 0 Å². The molecule has 0 radical (unpaired) electrons. The van der Waals surface area contributed by atoms with Gasteiger partial charge in [-0.05, 0) is 34.1 Å². The molecule has 1 aromatic heterocycles. The first-order chi connectivity index (χ1) is 9.97. The lowest BCUT2D eigenvalue weighted by atomic mass is 10.00. The Kier molecular flexibility index (Phi) is 4.80. The summed E-state index contributed by atoms with van der Waals surface area (Å²) in [7, 11) is 2.66. The van der Waals surface area contributed by atoms with E-state index in [1.165, 1.54) is 32.4 Å². The number of rotatable bonds is 3. The number of hydrogen-bond acceptors (Lipinski definition) is 4. The summed E-state index contributed by atoms with van der Waals surface area (Å²) in [5, 5.41) is 0.257. The van der Waals surface area contributed by atoms with Gasteiger partial charge in [0.15, 0.2) is 0 Å². The minimum Gasteiger partial charge on any atom is -0.495 e. The molecule has 1 aromatic carbocycles. The first-order valence-electron chi connectivity index (χ1n) is 5.75. The highest BCUT2D eigenvalue weighted by Gasteiger charge is 2.20. The van der Waals surface area contributed by atoms with Gasteiger partial charge in [0.25, 0.3) is 0 Å². The van der Waals surface area contributed by atoms with Crippen LogP contribution in [-0.2, 0) is 4.74 Å². The van der Waals surface area contributed by atoms with Crippen LogP contribution in [0, 0.1) is 5.82 Å². The molecule has 2 aromatic rings. The fraction of sp³-hybridized carbons (Fsp3) is 0.143. The lowest BCUT2D eigenvalue weighted by Gasteiger charge is -2.12. The van der Waals surface area contributed by atoms with E-state index in [2.05, 4.69) is 20.9 Å². The number of carbonyl (C=O) groups is 1. The van der Waals surface area contributed by atoms with Crippen molar-refractivity contribution in [2.45, 2.75) is 0 Å². The molecule has 4 nitrogen and oxygen atoms in total. The highest BCUT2D eigenvalue weighted by molar-refractivity contribution is 9.10. The van der Waals surface area contributed by atoms with Crippen LogP contribution >= 0.6 is 27.5 Å². The van der Waals surface area contributed by atoms with Crippen LogP contribution in [-0.4, -0.2) is 25.2 Å². The van der Waals surface area contributed by atoms with Crippen molar-refractivity contribution in [2.24, 2.45) is 0 Å². The average Bonchev–Trinajstić information content (AvgIpc) is 2.48. The molecule has 0 spiro atoms. The predicted octanol–water partition coefficient (Wildman–Crippen LogP) is 4.10. The summed E-state index contributed by atoms with van der Waals surface area (Å²) in [6.07, 6.45) is 1.05. The number of benzene rings is 1. The number of hydrogen-bond donors (Lipinski definition) is 0. The molecule has 110 valence electrons. The molecule has 2 rings (SSSR count). The van der Waals surface area contributed by atoms with E-state index in [9.17, 15) is 9.18 Å². The number of aromatic nitrogens is 1. The van der Waals surface area contributed by atoms with E-state index >= 15 is 0 Å². The number of halogens is 3. The molecule has 0 unspecified atom stereocenters. The topological polar surface area (TPSA) is 48.4 Å². The fourth-order valence-corrected chi connectivity index (χ4v) is 2.40. The van der Waals surface area contributed by atoms with Crippen LogP contribution in [0.15, 0.2) is 29.0 Å². The number of ether oxygens (including phenoxy) is 2. The summed E-state index contributed by atoms with van der Waals surface area (Å²) < 4.78 is 24.2. The molecule has 21 heavy (non-hydrogen) atoms. The summed E-state index contributed by atoms with van der Waals surface area (Å²) in [6.45, 7) is 0. The summed E-state index contributed by atoms with van der Waals surface area (Å²) in [6, 6.07) is 4.33. The largest absolute Gasteiger partial charge is 0.495 e. The molecule has 0 atom stereocenters. The van der Waals surface area contributed by atoms with Crippen molar-refractivity contribution in [2.75, 3.05) is 14.2 Å². The molecule has 0 aliphatic heterocycles. The van der Waals surface area contributed by atoms with Gasteiger partial charge >= 0.3 is 5.97 Å². The van der Waals surface area contributed by atoms with Crippen LogP contribution in [0.5, 0.6) is 5.75 Å². The second kappa shape index (κ2) is 6.41. The second-order valence-electron chi connectivity index (χ2n) is 4.01. The highest BCUT2D eigenvalue weighted by atomic mass is 79.9. The molecule has 0 bridgehead atoms. The molecule has 0 fully saturated rings. The minimum absolute atomic E-state index is 0.149. The van der Waals surface area contributed by atoms with Gasteiger partial charge in [-0.1, -0.05) is 11.6 Å². The molecule has 0 aliphatic rings. The average molecular weight is 375 g/mol. The molecule has 0 saturated carbocycles. The summed E-state index contributed by atoms with van der Waals surface area (Å²) >= 11 is 9.23. The van der Waals surface area contributed by atoms with E-state index in [0.717, 1.165) is 6.20 Å². The fourth-order valence-electron chi connectivity index (χ4n) is 1.83. The molecule has 0 aliphatic carbocycles. The van der Waals surface area contributed by atoms with Gasteiger partial charge in [0, 0.05) is 11.1 Å². The van der Waals surface area contributed by atoms with Crippen molar-refractivity contribution in [3.05, 3.63) is 45.4 Å². The zero-order valence-electron chi connectivity index (χ0n) is 11.1. The number of carbonyl (C=O) groups excluding carboxylic acids is 1. The summed E-state index contributed by atoms with van der Waals surface area (Å²) in [4.78, 5) is 15.7. The Bertz CT molecular complexity index is 709. The van der Waals surface area contributed by atoms with Gasteiger partial charge in [-0.3, -0.25) is 0 Å². The van der Waals surface area contributed by atoms with Gasteiger partial charge in [0.1, 0.15) is 16.2 Å². The third-order valence-electron chi connectivity index (χ3n) is 2.81. The van der Waals surface area contributed by atoms with Crippen LogP contribution in [0.1, 0.15) is 10.4 Å². The maximum absolute atomic E-state index is 14.0. The van der Waals surface area contributed by atoms with Crippen LogP contribution in [0.25, 0.3) is 11.1 Å². The first kappa shape index (κ1) is 15.7. The number of methoxy groups -OCH3 is 2. The maximum Gasteiger partial charge on any atom is 0.338 e. The van der Waals surface area contributed by atoms with E-state index in [0.29, 0.717) is 15.9 Å². The van der Waals surface area contributed by atoms with Crippen molar-refractivity contribution < 1.29 is 18.7 Å². The van der Waals surface area contributed by atoms with E-state index < -0.39 is 11.8 Å². The van der Waals surface area contributed by atoms with Crippen molar-refractivity contribution in [3.63, 3.8) is 0 Å². The standard InChI is InChI=1S/C14H10BrClFNO3/c1-20-12-4-9(14(19)21-2)7(3-10(12)16)8-5-13(15)18-6-11(8)17/h3-6H,1-2H3. The molecule has 7 heteroatoms. The zero-order valence-corrected chi connectivity index (χ0v) is 13.5. The molecule has 0 amide bonds. The number of pyridine rings is 1. The van der Waals surface area contributed by atoms with Crippen molar-refractivity contribution >= 4 is 33.5 Å². The van der Waals surface area contributed by atoms with E-state index in [1.807, 2.05) is 0 Å². The Labute approximate surface area is 134 Å². The van der Waals surface area contributed by atoms with E-state index in [4.69, 9.17) is 21.1 Å². The van der Waals surface area contributed by atoms with Gasteiger partial charge in [-0.25, -0.2) is 14.2 Å². The molecule has 0 N–H and O–H groups in total. The van der Waals surface area contributed by atoms with E-state index in [1.54, 1.807) is 0 Å². The highest BCUT2D eigenvalue weighted by Crippen LogP contribution is 2.35. The van der Waals surface area contributed by atoms with Crippen LogP contribution in [0.3, 0.4) is 0 Å². The van der Waals surface area contributed by atoms with Crippen LogP contribution in [0.4, 0.5) is 4.39 Å². The Morgan fingerprint density at radius 3 is 2.62 bits per heavy atom. The summed E-state index contributed by atoms with van der Waals surface area (Å²) in [5.41, 5.74) is 0.630. The molecular formula is C14H10BrClFNO3. The Morgan fingerprint density at radius 1 is 1.29 bits per heavy atom. The Morgan fingerprint density at radius 2 is 2.00 bits per heavy atom. The monoisotopic (exact) mass is 373 g/mol. The SMILES string of the molecule is COC(=O)c1cc(OC)c(Cl)cc1-c1cc(Br)ncc1F. The number of nitrogens with zero attached hydrogens (tertiary/aromatic N) is 1. The third kappa shape index (κ3) is 3.16. The smallest absolute Gasteiger partial charge is 0.338 e. The van der Waals surface area contributed by atoms with Crippen LogP contribution < -0.4 is 4.74 Å². The van der Waals surface area contributed by atoms with Gasteiger partial charge in [-0.15, -0.1) is 0 Å².